The Balaban J connectivity index is 2.71. The molecule has 0 saturated carbocycles. The molecule has 1 aromatic rings. The normalized spacial score (nSPS) is 10.1. The highest BCUT2D eigenvalue weighted by Crippen LogP contribution is 2.24. The number of hydrogen-bond acceptors (Lipinski definition) is 4. The maximum atomic E-state index is 10.9. The second-order valence-corrected chi connectivity index (χ2v) is 3.30. The second-order valence-electron chi connectivity index (χ2n) is 3.30. The molecule has 0 spiro atoms. The molecular formula is C11H15NO4. The van der Waals surface area contributed by atoms with Crippen molar-refractivity contribution in [2.24, 2.45) is 0 Å². The summed E-state index contributed by atoms with van der Waals surface area (Å²) in [5.74, 6) is -0.833. The molecule has 0 unspecified atom stereocenters. The monoisotopic (exact) mass is 225 g/mol. The first-order chi connectivity index (χ1) is 7.66. The SMILES string of the molecule is Nc1cccc(OCCCCO)c1C(=O)O. The van der Waals surface area contributed by atoms with Crippen LogP contribution >= 0.6 is 0 Å². The first-order valence-electron chi connectivity index (χ1n) is 5.02. The molecule has 0 aliphatic carbocycles. The molecule has 0 radical (unpaired) electrons. The number of nitrogen functional groups attached to an aromatic ring is 1. The zero-order valence-electron chi connectivity index (χ0n) is 8.85. The summed E-state index contributed by atoms with van der Waals surface area (Å²) >= 11 is 0. The van der Waals surface area contributed by atoms with Crippen LogP contribution in [0.4, 0.5) is 5.69 Å². The van der Waals surface area contributed by atoms with Crippen molar-refractivity contribution in [2.75, 3.05) is 18.9 Å². The topological polar surface area (TPSA) is 92.8 Å². The lowest BCUT2D eigenvalue weighted by molar-refractivity contribution is 0.0693. The molecule has 0 fully saturated rings. The van der Waals surface area contributed by atoms with E-state index in [2.05, 4.69) is 0 Å². The Morgan fingerprint density at radius 2 is 2.12 bits per heavy atom. The number of hydrogen-bond donors (Lipinski definition) is 3. The highest BCUT2D eigenvalue weighted by molar-refractivity contribution is 5.96. The van der Waals surface area contributed by atoms with E-state index in [0.717, 1.165) is 0 Å². The number of nitrogens with two attached hydrogens (primary N) is 1. The second kappa shape index (κ2) is 5.97. The van der Waals surface area contributed by atoms with Crippen LogP contribution in [0.5, 0.6) is 5.75 Å². The first-order valence-corrected chi connectivity index (χ1v) is 5.02. The lowest BCUT2D eigenvalue weighted by Crippen LogP contribution is -2.07. The highest BCUT2D eigenvalue weighted by atomic mass is 16.5. The van der Waals surface area contributed by atoms with Gasteiger partial charge in [0.05, 0.1) is 6.61 Å². The van der Waals surface area contributed by atoms with E-state index in [1.807, 2.05) is 0 Å². The van der Waals surface area contributed by atoms with Gasteiger partial charge in [0.25, 0.3) is 0 Å². The molecule has 0 amide bonds. The van der Waals surface area contributed by atoms with E-state index in [9.17, 15) is 4.79 Å². The van der Waals surface area contributed by atoms with Gasteiger partial charge in [0.15, 0.2) is 0 Å². The lowest BCUT2D eigenvalue weighted by Gasteiger charge is -2.10. The Kier molecular flexibility index (Phi) is 4.60. The molecule has 4 N–H and O–H groups in total. The van der Waals surface area contributed by atoms with E-state index in [4.69, 9.17) is 20.7 Å². The highest BCUT2D eigenvalue weighted by Gasteiger charge is 2.14. The predicted molar refractivity (Wildman–Crippen MR) is 59.6 cm³/mol. The van der Waals surface area contributed by atoms with Crippen LogP contribution < -0.4 is 10.5 Å². The number of carboxylic acids is 1. The van der Waals surface area contributed by atoms with Gasteiger partial charge >= 0.3 is 5.97 Å². The number of benzene rings is 1. The van der Waals surface area contributed by atoms with Gasteiger partial charge in [0.1, 0.15) is 11.3 Å². The number of carbonyl (C=O) groups is 1. The van der Waals surface area contributed by atoms with Crippen molar-refractivity contribution in [1.82, 2.24) is 0 Å². The van der Waals surface area contributed by atoms with Gasteiger partial charge in [-0.2, -0.15) is 0 Å². The van der Waals surface area contributed by atoms with Gasteiger partial charge in [-0.25, -0.2) is 4.79 Å². The third-order valence-electron chi connectivity index (χ3n) is 2.08. The lowest BCUT2D eigenvalue weighted by atomic mass is 10.1. The van der Waals surface area contributed by atoms with E-state index in [1.54, 1.807) is 12.1 Å². The van der Waals surface area contributed by atoms with Crippen molar-refractivity contribution >= 4 is 11.7 Å². The standard InChI is InChI=1S/C11H15NO4/c12-8-4-3-5-9(10(8)11(14)15)16-7-2-1-6-13/h3-5,13H,1-2,6-7,12H2,(H,14,15). The zero-order valence-corrected chi connectivity index (χ0v) is 8.85. The number of ether oxygens (including phenoxy) is 1. The maximum absolute atomic E-state index is 10.9. The number of aliphatic hydroxyl groups excluding tert-OH is 1. The number of aromatic carboxylic acids is 1. The summed E-state index contributed by atoms with van der Waals surface area (Å²) in [6, 6.07) is 4.73. The molecule has 16 heavy (non-hydrogen) atoms. The molecule has 5 heteroatoms. The molecular weight excluding hydrogens is 210 g/mol. The molecule has 1 rings (SSSR count). The number of rotatable bonds is 6. The first kappa shape index (κ1) is 12.3. The average Bonchev–Trinajstić information content (AvgIpc) is 2.24. The van der Waals surface area contributed by atoms with Crippen LogP contribution in [0.3, 0.4) is 0 Å². The summed E-state index contributed by atoms with van der Waals surface area (Å²) in [5, 5.41) is 17.5. The molecule has 0 heterocycles. The minimum atomic E-state index is -1.10. The fourth-order valence-corrected chi connectivity index (χ4v) is 1.29. The van der Waals surface area contributed by atoms with Crippen LogP contribution in [0.2, 0.25) is 0 Å². The summed E-state index contributed by atoms with van der Waals surface area (Å²) in [6.07, 6.45) is 1.30. The van der Waals surface area contributed by atoms with E-state index in [0.29, 0.717) is 19.4 Å². The van der Waals surface area contributed by atoms with Crippen molar-refractivity contribution in [3.63, 3.8) is 0 Å². The Bertz CT molecular complexity index is 365. The number of anilines is 1. The Hall–Kier alpha value is -1.75. The van der Waals surface area contributed by atoms with E-state index in [-0.39, 0.29) is 23.6 Å². The smallest absolute Gasteiger partial charge is 0.341 e. The summed E-state index contributed by atoms with van der Waals surface area (Å²) in [4.78, 5) is 10.9. The summed E-state index contributed by atoms with van der Waals surface area (Å²) in [6.45, 7) is 0.469. The molecule has 0 aromatic heterocycles. The van der Waals surface area contributed by atoms with E-state index >= 15 is 0 Å². The molecule has 88 valence electrons. The predicted octanol–water partition coefficient (Wildman–Crippen LogP) is 1.12. The van der Waals surface area contributed by atoms with Gasteiger partial charge in [-0.15, -0.1) is 0 Å². The van der Waals surface area contributed by atoms with Crippen LogP contribution in [-0.4, -0.2) is 29.4 Å². The Morgan fingerprint density at radius 1 is 1.38 bits per heavy atom. The zero-order chi connectivity index (χ0) is 12.0. The summed E-state index contributed by atoms with van der Waals surface area (Å²) in [7, 11) is 0. The molecule has 0 aliphatic heterocycles. The van der Waals surface area contributed by atoms with Gasteiger partial charge in [0.2, 0.25) is 0 Å². The minimum Gasteiger partial charge on any atom is -0.493 e. The van der Waals surface area contributed by atoms with Crippen LogP contribution in [-0.2, 0) is 0 Å². The largest absolute Gasteiger partial charge is 0.493 e. The minimum absolute atomic E-state index is 0.00787. The van der Waals surface area contributed by atoms with E-state index < -0.39 is 5.97 Å². The third-order valence-corrected chi connectivity index (χ3v) is 2.08. The van der Waals surface area contributed by atoms with Crippen molar-refractivity contribution in [1.29, 1.82) is 0 Å². The summed E-state index contributed by atoms with van der Waals surface area (Å²) < 4.78 is 5.31. The molecule has 0 atom stereocenters. The van der Waals surface area contributed by atoms with Crippen molar-refractivity contribution in [3.05, 3.63) is 23.8 Å². The Morgan fingerprint density at radius 3 is 2.75 bits per heavy atom. The fraction of sp³-hybridized carbons (Fsp3) is 0.364. The molecule has 0 aliphatic rings. The van der Waals surface area contributed by atoms with Crippen molar-refractivity contribution in [2.45, 2.75) is 12.8 Å². The van der Waals surface area contributed by atoms with Crippen LogP contribution in [0.25, 0.3) is 0 Å². The quantitative estimate of drug-likeness (QED) is 0.498. The van der Waals surface area contributed by atoms with E-state index in [1.165, 1.54) is 6.07 Å². The van der Waals surface area contributed by atoms with Gasteiger partial charge in [-0.1, -0.05) is 6.07 Å². The van der Waals surface area contributed by atoms with Gasteiger partial charge in [0, 0.05) is 12.3 Å². The molecule has 5 nitrogen and oxygen atoms in total. The van der Waals surface area contributed by atoms with Gasteiger partial charge in [-0.3, -0.25) is 0 Å². The number of carboxylic acid groups (broad SMARTS) is 1. The molecule has 0 bridgehead atoms. The Labute approximate surface area is 93.5 Å². The van der Waals surface area contributed by atoms with Crippen molar-refractivity contribution < 1.29 is 19.7 Å². The molecule has 0 saturated heterocycles. The third kappa shape index (κ3) is 3.13. The maximum Gasteiger partial charge on any atom is 0.341 e. The number of unbranched alkanes of at least 4 members (excludes halogenated alkanes) is 1. The van der Waals surface area contributed by atoms with Crippen LogP contribution in [0, 0.1) is 0 Å². The molecule has 1 aromatic carbocycles. The average molecular weight is 225 g/mol. The summed E-state index contributed by atoms with van der Waals surface area (Å²) in [5.41, 5.74) is 5.73. The fourth-order valence-electron chi connectivity index (χ4n) is 1.29. The van der Waals surface area contributed by atoms with Gasteiger partial charge in [-0.05, 0) is 25.0 Å². The van der Waals surface area contributed by atoms with Crippen molar-refractivity contribution in [3.8, 4) is 5.75 Å². The number of aliphatic hydroxyl groups is 1. The van der Waals surface area contributed by atoms with Crippen LogP contribution in [0.15, 0.2) is 18.2 Å². The van der Waals surface area contributed by atoms with Gasteiger partial charge < -0.3 is 20.7 Å². The van der Waals surface area contributed by atoms with Crippen LogP contribution in [0.1, 0.15) is 23.2 Å².